The van der Waals surface area contributed by atoms with Gasteiger partial charge in [-0.05, 0) is 33.6 Å². The molecule has 0 atom stereocenters. The molecule has 0 saturated heterocycles. The van der Waals surface area contributed by atoms with Gasteiger partial charge in [0, 0.05) is 11.1 Å². The van der Waals surface area contributed by atoms with E-state index >= 15 is 0 Å². The van der Waals surface area contributed by atoms with E-state index < -0.39 is 11.7 Å². The standard InChI is InChI=1S/C12H16N2O2S/c1-9-8-17-10(14-9)6-5-7-13-11(15)16-12(2,3)4/h8H,7H2,1-4H3,(H,13,15). The van der Waals surface area contributed by atoms with Crippen LogP contribution in [0.2, 0.25) is 0 Å². The van der Waals surface area contributed by atoms with Crippen LogP contribution in [0.4, 0.5) is 4.79 Å². The van der Waals surface area contributed by atoms with Crippen LogP contribution in [0.15, 0.2) is 5.38 Å². The van der Waals surface area contributed by atoms with E-state index in [-0.39, 0.29) is 6.54 Å². The number of aryl methyl sites for hydroxylation is 1. The van der Waals surface area contributed by atoms with Gasteiger partial charge in [0.25, 0.3) is 0 Å². The van der Waals surface area contributed by atoms with E-state index in [4.69, 9.17) is 4.74 Å². The van der Waals surface area contributed by atoms with Gasteiger partial charge in [-0.2, -0.15) is 0 Å². The average Bonchev–Trinajstić information content (AvgIpc) is 2.56. The number of aromatic nitrogens is 1. The lowest BCUT2D eigenvalue weighted by Crippen LogP contribution is -2.32. The lowest BCUT2D eigenvalue weighted by Gasteiger charge is -2.18. The number of carbonyl (C=O) groups excluding carboxylic acids is 1. The maximum Gasteiger partial charge on any atom is 0.408 e. The molecular formula is C12H16N2O2S. The Morgan fingerprint density at radius 2 is 2.29 bits per heavy atom. The minimum absolute atomic E-state index is 0.257. The summed E-state index contributed by atoms with van der Waals surface area (Å²) in [6.07, 6.45) is -0.456. The van der Waals surface area contributed by atoms with Gasteiger partial charge >= 0.3 is 6.09 Å². The minimum Gasteiger partial charge on any atom is -0.444 e. The molecule has 4 nitrogen and oxygen atoms in total. The quantitative estimate of drug-likeness (QED) is 0.780. The fourth-order valence-corrected chi connectivity index (χ4v) is 1.62. The summed E-state index contributed by atoms with van der Waals surface area (Å²) in [6, 6.07) is 0. The normalized spacial score (nSPS) is 10.4. The van der Waals surface area contributed by atoms with Crippen molar-refractivity contribution in [3.05, 3.63) is 16.1 Å². The van der Waals surface area contributed by atoms with Crippen molar-refractivity contribution in [1.29, 1.82) is 0 Å². The van der Waals surface area contributed by atoms with Gasteiger partial charge in [0.15, 0.2) is 5.01 Å². The Morgan fingerprint density at radius 3 is 2.82 bits per heavy atom. The third-order valence-electron chi connectivity index (χ3n) is 1.53. The second kappa shape index (κ2) is 5.69. The summed E-state index contributed by atoms with van der Waals surface area (Å²) in [5.41, 5.74) is 0.476. The first-order chi connectivity index (χ1) is 7.87. The second-order valence-corrected chi connectivity index (χ2v) is 5.31. The van der Waals surface area contributed by atoms with Crippen molar-refractivity contribution in [1.82, 2.24) is 10.3 Å². The highest BCUT2D eigenvalue weighted by molar-refractivity contribution is 7.10. The molecule has 1 heterocycles. The van der Waals surface area contributed by atoms with Gasteiger partial charge in [-0.25, -0.2) is 9.78 Å². The largest absolute Gasteiger partial charge is 0.444 e. The Bertz CT molecular complexity index is 449. The molecule has 17 heavy (non-hydrogen) atoms. The number of nitrogens with one attached hydrogen (secondary N) is 1. The number of thiazole rings is 1. The fraction of sp³-hybridized carbons (Fsp3) is 0.500. The number of nitrogens with zero attached hydrogens (tertiary/aromatic N) is 1. The molecule has 0 bridgehead atoms. The molecule has 0 radical (unpaired) electrons. The summed E-state index contributed by atoms with van der Waals surface area (Å²) in [5.74, 6) is 5.69. The summed E-state index contributed by atoms with van der Waals surface area (Å²) in [6.45, 7) is 7.62. The van der Waals surface area contributed by atoms with Crippen molar-refractivity contribution < 1.29 is 9.53 Å². The SMILES string of the molecule is Cc1csc(C#CCNC(=O)OC(C)(C)C)n1. The number of rotatable bonds is 1. The molecule has 0 aliphatic rings. The maximum atomic E-state index is 11.3. The summed E-state index contributed by atoms with van der Waals surface area (Å²) in [4.78, 5) is 15.4. The molecule has 0 aliphatic carbocycles. The lowest BCUT2D eigenvalue weighted by molar-refractivity contribution is 0.0535. The van der Waals surface area contributed by atoms with Gasteiger partial charge in [0.2, 0.25) is 0 Å². The van der Waals surface area contributed by atoms with Crippen LogP contribution in [0.3, 0.4) is 0 Å². The summed E-state index contributed by atoms with van der Waals surface area (Å²) in [7, 11) is 0. The van der Waals surface area contributed by atoms with Crippen LogP contribution in [0.5, 0.6) is 0 Å². The first-order valence-electron chi connectivity index (χ1n) is 5.25. The van der Waals surface area contributed by atoms with E-state index in [1.54, 1.807) is 0 Å². The van der Waals surface area contributed by atoms with Gasteiger partial charge in [0.1, 0.15) is 5.60 Å². The van der Waals surface area contributed by atoms with Crippen LogP contribution in [-0.4, -0.2) is 23.2 Å². The molecule has 0 spiro atoms. The molecule has 1 aromatic heterocycles. The third-order valence-corrected chi connectivity index (χ3v) is 2.41. The van der Waals surface area contributed by atoms with Crippen LogP contribution in [0.1, 0.15) is 31.5 Å². The smallest absolute Gasteiger partial charge is 0.408 e. The third kappa shape index (κ3) is 5.93. The molecule has 92 valence electrons. The van der Waals surface area contributed by atoms with Crippen LogP contribution in [-0.2, 0) is 4.74 Å². The minimum atomic E-state index is -0.482. The van der Waals surface area contributed by atoms with Crippen molar-refractivity contribution in [2.45, 2.75) is 33.3 Å². The van der Waals surface area contributed by atoms with Crippen LogP contribution in [0, 0.1) is 18.8 Å². The van der Waals surface area contributed by atoms with Crippen molar-refractivity contribution in [2.24, 2.45) is 0 Å². The van der Waals surface area contributed by atoms with E-state index in [1.807, 2.05) is 33.1 Å². The summed E-state index contributed by atoms with van der Waals surface area (Å²) >= 11 is 1.49. The number of alkyl carbamates (subject to hydrolysis) is 1. The van der Waals surface area contributed by atoms with E-state index in [1.165, 1.54) is 11.3 Å². The van der Waals surface area contributed by atoms with E-state index in [2.05, 4.69) is 22.1 Å². The number of hydrogen-bond donors (Lipinski definition) is 1. The molecule has 0 aliphatic heterocycles. The van der Waals surface area contributed by atoms with Gasteiger partial charge in [-0.15, -0.1) is 11.3 Å². The van der Waals surface area contributed by atoms with Gasteiger partial charge < -0.3 is 10.1 Å². The number of ether oxygens (including phenoxy) is 1. The molecule has 0 unspecified atom stereocenters. The lowest BCUT2D eigenvalue weighted by atomic mass is 10.2. The van der Waals surface area contributed by atoms with E-state index in [0.29, 0.717) is 0 Å². The first kappa shape index (κ1) is 13.5. The highest BCUT2D eigenvalue weighted by Crippen LogP contribution is 2.07. The monoisotopic (exact) mass is 252 g/mol. The first-order valence-corrected chi connectivity index (χ1v) is 6.12. The Labute approximate surface area is 105 Å². The Balaban J connectivity index is 2.33. The molecule has 1 N–H and O–H groups in total. The molecule has 1 aromatic rings. The molecular weight excluding hydrogens is 236 g/mol. The number of carbonyl (C=O) groups is 1. The summed E-state index contributed by atoms with van der Waals surface area (Å²) in [5, 5.41) is 5.25. The second-order valence-electron chi connectivity index (χ2n) is 4.45. The fourth-order valence-electron chi connectivity index (χ4n) is 0.962. The van der Waals surface area contributed by atoms with Gasteiger partial charge in [-0.1, -0.05) is 5.92 Å². The molecule has 1 rings (SSSR count). The molecule has 0 aromatic carbocycles. The van der Waals surface area contributed by atoms with Gasteiger partial charge in [-0.3, -0.25) is 0 Å². The van der Waals surface area contributed by atoms with E-state index in [0.717, 1.165) is 10.7 Å². The van der Waals surface area contributed by atoms with Crippen LogP contribution >= 0.6 is 11.3 Å². The number of hydrogen-bond acceptors (Lipinski definition) is 4. The van der Waals surface area contributed by atoms with Crippen molar-refractivity contribution >= 4 is 17.4 Å². The Hall–Kier alpha value is -1.54. The average molecular weight is 252 g/mol. The zero-order valence-electron chi connectivity index (χ0n) is 10.5. The van der Waals surface area contributed by atoms with Crippen molar-refractivity contribution in [3.63, 3.8) is 0 Å². The van der Waals surface area contributed by atoms with Crippen molar-refractivity contribution in [2.75, 3.05) is 6.54 Å². The Morgan fingerprint density at radius 1 is 1.59 bits per heavy atom. The van der Waals surface area contributed by atoms with Crippen LogP contribution < -0.4 is 5.32 Å². The zero-order chi connectivity index (χ0) is 12.9. The molecule has 5 heteroatoms. The maximum absolute atomic E-state index is 11.3. The summed E-state index contributed by atoms with van der Waals surface area (Å²) < 4.78 is 5.06. The van der Waals surface area contributed by atoms with E-state index in [9.17, 15) is 4.79 Å². The highest BCUT2D eigenvalue weighted by atomic mass is 32.1. The zero-order valence-corrected chi connectivity index (χ0v) is 11.3. The van der Waals surface area contributed by atoms with Gasteiger partial charge in [0.05, 0.1) is 6.54 Å². The predicted octanol–water partition coefficient (Wildman–Crippen LogP) is 2.33. The number of amides is 1. The van der Waals surface area contributed by atoms with Crippen LogP contribution in [0.25, 0.3) is 0 Å². The predicted molar refractivity (Wildman–Crippen MR) is 68.0 cm³/mol. The molecule has 0 saturated carbocycles. The molecule has 0 fully saturated rings. The topological polar surface area (TPSA) is 51.2 Å². The Kier molecular flexibility index (Phi) is 4.53. The highest BCUT2D eigenvalue weighted by Gasteiger charge is 2.14. The molecule has 1 amide bonds. The van der Waals surface area contributed by atoms with Crippen molar-refractivity contribution in [3.8, 4) is 11.8 Å².